The van der Waals surface area contributed by atoms with Gasteiger partial charge in [0.25, 0.3) is 0 Å². The highest BCUT2D eigenvalue weighted by Gasteiger charge is 2.13. The van der Waals surface area contributed by atoms with Crippen molar-refractivity contribution in [3.63, 3.8) is 0 Å². The van der Waals surface area contributed by atoms with E-state index in [0.29, 0.717) is 6.42 Å². The Hall–Kier alpha value is -1.06. The summed E-state index contributed by atoms with van der Waals surface area (Å²) in [5, 5.41) is 6.36. The molecule has 1 aromatic rings. The molecular weight excluding hydrogens is 260 g/mol. The summed E-state index contributed by atoms with van der Waals surface area (Å²) in [6.45, 7) is 3.06. The Labute approximate surface area is 121 Å². The van der Waals surface area contributed by atoms with Crippen molar-refractivity contribution < 1.29 is 4.79 Å². The third-order valence-corrected chi connectivity index (χ3v) is 3.52. The van der Waals surface area contributed by atoms with Crippen molar-refractivity contribution in [2.75, 3.05) is 19.6 Å². The number of hydrogen-bond acceptors (Lipinski definition) is 2. The van der Waals surface area contributed by atoms with Crippen LogP contribution in [0.2, 0.25) is 0 Å². The maximum absolute atomic E-state index is 11.7. The van der Waals surface area contributed by atoms with E-state index in [0.717, 1.165) is 38.4 Å². The molecule has 0 bridgehead atoms. The van der Waals surface area contributed by atoms with Crippen LogP contribution in [-0.2, 0) is 11.2 Å². The molecule has 0 aromatic heterocycles. The van der Waals surface area contributed by atoms with E-state index in [2.05, 4.69) is 22.8 Å². The number of halogens is 1. The van der Waals surface area contributed by atoms with E-state index in [1.54, 1.807) is 0 Å². The van der Waals surface area contributed by atoms with Gasteiger partial charge >= 0.3 is 0 Å². The Balaban J connectivity index is 0.00000180. The quantitative estimate of drug-likeness (QED) is 0.839. The van der Waals surface area contributed by atoms with Crippen LogP contribution in [0.25, 0.3) is 0 Å². The van der Waals surface area contributed by atoms with Crippen molar-refractivity contribution in [3.05, 3.63) is 35.9 Å². The topological polar surface area (TPSA) is 41.1 Å². The van der Waals surface area contributed by atoms with Crippen molar-refractivity contribution in [3.8, 4) is 0 Å². The van der Waals surface area contributed by atoms with Crippen LogP contribution >= 0.6 is 12.4 Å². The molecule has 1 atom stereocenters. The second-order valence-electron chi connectivity index (χ2n) is 4.98. The van der Waals surface area contributed by atoms with Crippen LogP contribution in [0, 0.1) is 5.92 Å². The third kappa shape index (κ3) is 6.08. The maximum Gasteiger partial charge on any atom is 0.220 e. The molecule has 1 aromatic carbocycles. The van der Waals surface area contributed by atoms with Crippen LogP contribution < -0.4 is 10.6 Å². The Morgan fingerprint density at radius 2 is 2.11 bits per heavy atom. The maximum atomic E-state index is 11.7. The highest BCUT2D eigenvalue weighted by Crippen LogP contribution is 2.10. The van der Waals surface area contributed by atoms with Crippen molar-refractivity contribution >= 4 is 18.3 Å². The van der Waals surface area contributed by atoms with Gasteiger partial charge < -0.3 is 10.6 Å². The summed E-state index contributed by atoms with van der Waals surface area (Å²) >= 11 is 0. The van der Waals surface area contributed by atoms with Crippen molar-refractivity contribution in [2.24, 2.45) is 5.92 Å². The third-order valence-electron chi connectivity index (χ3n) is 3.52. The van der Waals surface area contributed by atoms with Crippen molar-refractivity contribution in [1.29, 1.82) is 0 Å². The second kappa shape index (κ2) is 8.94. The summed E-state index contributed by atoms with van der Waals surface area (Å²) < 4.78 is 0. The SMILES string of the molecule is Cl.O=C(CCc1ccccc1)NCCC1CCNC1. The molecule has 1 amide bonds. The standard InChI is InChI=1S/C15H22N2O.ClH/c18-15(7-6-13-4-2-1-3-5-13)17-11-9-14-8-10-16-12-14;/h1-5,14,16H,6-12H2,(H,17,18);1H. The number of aryl methyl sites for hydroxylation is 1. The molecule has 2 rings (SSSR count). The zero-order chi connectivity index (χ0) is 12.6. The predicted molar refractivity (Wildman–Crippen MR) is 80.6 cm³/mol. The molecule has 3 nitrogen and oxygen atoms in total. The van der Waals surface area contributed by atoms with Crippen LogP contribution in [0.4, 0.5) is 0 Å². The molecule has 0 saturated carbocycles. The number of hydrogen-bond donors (Lipinski definition) is 2. The molecule has 4 heteroatoms. The van der Waals surface area contributed by atoms with Gasteiger partial charge in [-0.3, -0.25) is 4.79 Å². The molecular formula is C15H23ClN2O. The van der Waals surface area contributed by atoms with Crippen LogP contribution in [0.15, 0.2) is 30.3 Å². The lowest BCUT2D eigenvalue weighted by atomic mass is 10.1. The molecule has 0 aliphatic carbocycles. The number of carbonyl (C=O) groups excluding carboxylic acids is 1. The van der Waals surface area contributed by atoms with Gasteiger partial charge in [-0.1, -0.05) is 30.3 Å². The molecule has 106 valence electrons. The van der Waals surface area contributed by atoms with Crippen LogP contribution in [-0.4, -0.2) is 25.5 Å². The first-order chi connectivity index (χ1) is 8.84. The molecule has 19 heavy (non-hydrogen) atoms. The second-order valence-corrected chi connectivity index (χ2v) is 4.98. The molecule has 0 radical (unpaired) electrons. The predicted octanol–water partition coefficient (Wildman–Crippen LogP) is 2.16. The first-order valence-electron chi connectivity index (χ1n) is 6.86. The minimum atomic E-state index is 0. The molecule has 1 fully saturated rings. The van der Waals surface area contributed by atoms with Gasteiger partial charge in [0, 0.05) is 13.0 Å². The first-order valence-corrected chi connectivity index (χ1v) is 6.86. The normalized spacial score (nSPS) is 17.8. The molecule has 1 heterocycles. The molecule has 1 aliphatic rings. The van der Waals surface area contributed by atoms with E-state index < -0.39 is 0 Å². The highest BCUT2D eigenvalue weighted by molar-refractivity contribution is 5.85. The van der Waals surface area contributed by atoms with Crippen LogP contribution in [0.1, 0.15) is 24.8 Å². The van der Waals surface area contributed by atoms with Gasteiger partial charge in [-0.2, -0.15) is 0 Å². The van der Waals surface area contributed by atoms with Crippen molar-refractivity contribution in [2.45, 2.75) is 25.7 Å². The fourth-order valence-corrected chi connectivity index (χ4v) is 2.37. The average Bonchev–Trinajstić information content (AvgIpc) is 2.91. The summed E-state index contributed by atoms with van der Waals surface area (Å²) in [6, 6.07) is 10.2. The average molecular weight is 283 g/mol. The van der Waals surface area contributed by atoms with Gasteiger partial charge in [0.15, 0.2) is 0 Å². The lowest BCUT2D eigenvalue weighted by Gasteiger charge is -2.09. The zero-order valence-electron chi connectivity index (χ0n) is 11.2. The number of rotatable bonds is 6. The van der Waals surface area contributed by atoms with Crippen LogP contribution in [0.3, 0.4) is 0 Å². The Bertz CT molecular complexity index is 364. The minimum Gasteiger partial charge on any atom is -0.356 e. The lowest BCUT2D eigenvalue weighted by molar-refractivity contribution is -0.121. The Kier molecular flexibility index (Phi) is 7.53. The Morgan fingerprint density at radius 1 is 1.32 bits per heavy atom. The van der Waals surface area contributed by atoms with Gasteiger partial charge in [-0.15, -0.1) is 12.4 Å². The van der Waals surface area contributed by atoms with E-state index in [-0.39, 0.29) is 18.3 Å². The molecule has 1 aliphatic heterocycles. The number of amides is 1. The summed E-state index contributed by atoms with van der Waals surface area (Å²) in [5.41, 5.74) is 1.23. The molecule has 2 N–H and O–H groups in total. The minimum absolute atomic E-state index is 0. The van der Waals surface area contributed by atoms with E-state index in [9.17, 15) is 4.79 Å². The van der Waals surface area contributed by atoms with E-state index in [1.165, 1.54) is 12.0 Å². The van der Waals surface area contributed by atoms with Gasteiger partial charge in [-0.25, -0.2) is 0 Å². The smallest absolute Gasteiger partial charge is 0.220 e. The number of nitrogens with one attached hydrogen (secondary N) is 2. The van der Waals surface area contributed by atoms with E-state index >= 15 is 0 Å². The van der Waals surface area contributed by atoms with Gasteiger partial charge in [0.1, 0.15) is 0 Å². The Morgan fingerprint density at radius 3 is 2.79 bits per heavy atom. The molecule has 1 saturated heterocycles. The van der Waals surface area contributed by atoms with E-state index in [4.69, 9.17) is 0 Å². The zero-order valence-corrected chi connectivity index (χ0v) is 12.0. The van der Waals surface area contributed by atoms with E-state index in [1.807, 2.05) is 18.2 Å². The monoisotopic (exact) mass is 282 g/mol. The fraction of sp³-hybridized carbons (Fsp3) is 0.533. The summed E-state index contributed by atoms with van der Waals surface area (Å²) in [6.07, 6.45) is 3.77. The molecule has 0 spiro atoms. The van der Waals surface area contributed by atoms with Gasteiger partial charge in [0.2, 0.25) is 5.91 Å². The lowest BCUT2D eigenvalue weighted by Crippen LogP contribution is -2.26. The summed E-state index contributed by atoms with van der Waals surface area (Å²) in [4.78, 5) is 11.7. The summed E-state index contributed by atoms with van der Waals surface area (Å²) in [5.74, 6) is 0.921. The number of benzene rings is 1. The highest BCUT2D eigenvalue weighted by atomic mass is 35.5. The van der Waals surface area contributed by atoms with Crippen molar-refractivity contribution in [1.82, 2.24) is 10.6 Å². The largest absolute Gasteiger partial charge is 0.356 e. The summed E-state index contributed by atoms with van der Waals surface area (Å²) in [7, 11) is 0. The fourth-order valence-electron chi connectivity index (χ4n) is 2.37. The molecule has 1 unspecified atom stereocenters. The van der Waals surface area contributed by atoms with Gasteiger partial charge in [0.05, 0.1) is 0 Å². The number of carbonyl (C=O) groups is 1. The van der Waals surface area contributed by atoms with Gasteiger partial charge in [-0.05, 0) is 43.8 Å². The first kappa shape index (κ1) is 16.0. The van der Waals surface area contributed by atoms with Crippen LogP contribution in [0.5, 0.6) is 0 Å².